The minimum atomic E-state index is 0.0690. The lowest BCUT2D eigenvalue weighted by Gasteiger charge is -2.06. The van der Waals surface area contributed by atoms with Gasteiger partial charge in [0.1, 0.15) is 0 Å². The fourth-order valence-electron chi connectivity index (χ4n) is 2.72. The van der Waals surface area contributed by atoms with Crippen molar-refractivity contribution >= 4 is 28.8 Å². The summed E-state index contributed by atoms with van der Waals surface area (Å²) in [6, 6.07) is 16.0. The molecule has 0 spiro atoms. The van der Waals surface area contributed by atoms with Crippen LogP contribution in [0, 0.1) is 6.92 Å². The third-order valence-electron chi connectivity index (χ3n) is 4.13. The summed E-state index contributed by atoms with van der Waals surface area (Å²) in [6.07, 6.45) is 2.00. The molecule has 0 bridgehead atoms. The van der Waals surface area contributed by atoms with Crippen LogP contribution in [0.1, 0.15) is 22.6 Å². The third-order valence-corrected chi connectivity index (χ3v) is 5.14. The SMILES string of the molecule is Cc1nc(-c2ccc(CCNC(=O)CCc3cccc(Cl)c3)cc2)cs1. The van der Waals surface area contributed by atoms with E-state index in [0.29, 0.717) is 24.4 Å². The molecule has 0 atom stereocenters. The Hall–Kier alpha value is -2.17. The second kappa shape index (κ2) is 8.97. The average Bonchev–Trinajstić information content (AvgIpc) is 3.07. The predicted molar refractivity (Wildman–Crippen MR) is 109 cm³/mol. The van der Waals surface area contributed by atoms with Crippen LogP contribution in [0.4, 0.5) is 0 Å². The number of nitrogens with zero attached hydrogens (tertiary/aromatic N) is 1. The van der Waals surface area contributed by atoms with Crippen molar-refractivity contribution in [3.05, 3.63) is 75.1 Å². The van der Waals surface area contributed by atoms with Crippen LogP contribution in [0.5, 0.6) is 0 Å². The Balaban J connectivity index is 1.42. The molecule has 0 radical (unpaired) electrons. The lowest BCUT2D eigenvalue weighted by Crippen LogP contribution is -2.25. The number of benzene rings is 2. The summed E-state index contributed by atoms with van der Waals surface area (Å²) in [6.45, 7) is 2.65. The Bertz CT molecular complexity index is 874. The van der Waals surface area contributed by atoms with Gasteiger partial charge in [-0.25, -0.2) is 4.98 Å². The fraction of sp³-hybridized carbons (Fsp3) is 0.238. The smallest absolute Gasteiger partial charge is 0.220 e. The number of hydrogen-bond acceptors (Lipinski definition) is 3. The standard InChI is InChI=1S/C21H21ClN2OS/c1-15-24-20(14-26-15)18-8-5-16(6-9-18)11-12-23-21(25)10-7-17-3-2-4-19(22)13-17/h2-6,8-9,13-14H,7,10-12H2,1H3,(H,23,25). The Labute approximate surface area is 163 Å². The van der Waals surface area contributed by atoms with Crippen molar-refractivity contribution in [3.8, 4) is 11.3 Å². The zero-order valence-corrected chi connectivity index (χ0v) is 16.2. The van der Waals surface area contributed by atoms with Gasteiger partial charge in [-0.3, -0.25) is 4.79 Å². The first kappa shape index (κ1) is 18.6. The van der Waals surface area contributed by atoms with Gasteiger partial charge in [0.2, 0.25) is 5.91 Å². The summed E-state index contributed by atoms with van der Waals surface area (Å²) < 4.78 is 0. The molecule has 0 fully saturated rings. The molecule has 3 aromatic rings. The van der Waals surface area contributed by atoms with E-state index in [2.05, 4.69) is 39.9 Å². The van der Waals surface area contributed by atoms with Crippen LogP contribution in [-0.2, 0) is 17.6 Å². The molecule has 1 amide bonds. The monoisotopic (exact) mass is 384 g/mol. The summed E-state index contributed by atoms with van der Waals surface area (Å²) in [5.41, 5.74) is 4.44. The molecule has 0 saturated heterocycles. The van der Waals surface area contributed by atoms with Gasteiger partial charge in [0, 0.05) is 28.9 Å². The van der Waals surface area contributed by atoms with Crippen molar-refractivity contribution in [1.82, 2.24) is 10.3 Å². The Morgan fingerprint density at radius 1 is 1.12 bits per heavy atom. The van der Waals surface area contributed by atoms with Gasteiger partial charge in [0.15, 0.2) is 0 Å². The maximum atomic E-state index is 12.0. The summed E-state index contributed by atoms with van der Waals surface area (Å²) >= 11 is 7.62. The minimum absolute atomic E-state index is 0.0690. The number of carbonyl (C=O) groups excluding carboxylic acids is 1. The van der Waals surface area contributed by atoms with Crippen LogP contribution < -0.4 is 5.32 Å². The molecule has 1 aromatic heterocycles. The molecule has 134 valence electrons. The summed E-state index contributed by atoms with van der Waals surface area (Å²) in [5.74, 6) is 0.0690. The van der Waals surface area contributed by atoms with E-state index in [1.54, 1.807) is 11.3 Å². The molecule has 3 nitrogen and oxygen atoms in total. The van der Waals surface area contributed by atoms with Gasteiger partial charge in [-0.05, 0) is 43.0 Å². The molecule has 0 aliphatic heterocycles. The van der Waals surface area contributed by atoms with Crippen LogP contribution in [0.3, 0.4) is 0 Å². The molecule has 0 saturated carbocycles. The van der Waals surface area contributed by atoms with Gasteiger partial charge in [-0.2, -0.15) is 0 Å². The highest BCUT2D eigenvalue weighted by atomic mass is 35.5. The first-order chi connectivity index (χ1) is 12.6. The number of halogens is 1. The number of aromatic nitrogens is 1. The summed E-state index contributed by atoms with van der Waals surface area (Å²) in [5, 5.41) is 6.84. The highest BCUT2D eigenvalue weighted by Crippen LogP contribution is 2.21. The van der Waals surface area contributed by atoms with Crippen LogP contribution in [-0.4, -0.2) is 17.4 Å². The van der Waals surface area contributed by atoms with Crippen molar-refractivity contribution in [1.29, 1.82) is 0 Å². The van der Waals surface area contributed by atoms with E-state index in [0.717, 1.165) is 28.2 Å². The largest absolute Gasteiger partial charge is 0.356 e. The Morgan fingerprint density at radius 2 is 1.92 bits per heavy atom. The van der Waals surface area contributed by atoms with Crippen LogP contribution in [0.15, 0.2) is 53.9 Å². The lowest BCUT2D eigenvalue weighted by atomic mass is 10.1. The van der Waals surface area contributed by atoms with Crippen molar-refractivity contribution in [2.45, 2.75) is 26.2 Å². The highest BCUT2D eigenvalue weighted by molar-refractivity contribution is 7.09. The molecule has 3 rings (SSSR count). The zero-order valence-electron chi connectivity index (χ0n) is 14.7. The zero-order chi connectivity index (χ0) is 18.4. The van der Waals surface area contributed by atoms with Crippen molar-refractivity contribution < 1.29 is 4.79 Å². The molecule has 0 unspecified atom stereocenters. The molecular weight excluding hydrogens is 364 g/mol. The normalized spacial score (nSPS) is 10.7. The Kier molecular flexibility index (Phi) is 6.42. The van der Waals surface area contributed by atoms with E-state index in [9.17, 15) is 4.79 Å². The molecule has 26 heavy (non-hydrogen) atoms. The van der Waals surface area contributed by atoms with E-state index in [1.165, 1.54) is 5.56 Å². The van der Waals surface area contributed by atoms with Crippen LogP contribution in [0.25, 0.3) is 11.3 Å². The Morgan fingerprint density at radius 3 is 2.62 bits per heavy atom. The number of carbonyl (C=O) groups is 1. The summed E-state index contributed by atoms with van der Waals surface area (Å²) in [4.78, 5) is 16.5. The second-order valence-corrected chi connectivity index (χ2v) is 7.68. The maximum Gasteiger partial charge on any atom is 0.220 e. The van der Waals surface area contributed by atoms with Crippen LogP contribution in [0.2, 0.25) is 5.02 Å². The second-order valence-electron chi connectivity index (χ2n) is 6.18. The molecule has 0 aliphatic carbocycles. The van der Waals surface area contributed by atoms with Crippen molar-refractivity contribution in [2.75, 3.05) is 6.54 Å². The summed E-state index contributed by atoms with van der Waals surface area (Å²) in [7, 11) is 0. The van der Waals surface area contributed by atoms with Gasteiger partial charge in [-0.1, -0.05) is 48.0 Å². The fourth-order valence-corrected chi connectivity index (χ4v) is 3.56. The number of amides is 1. The number of aryl methyl sites for hydroxylation is 2. The van der Waals surface area contributed by atoms with Crippen molar-refractivity contribution in [3.63, 3.8) is 0 Å². The number of nitrogens with one attached hydrogen (secondary N) is 1. The first-order valence-electron chi connectivity index (χ1n) is 8.63. The number of thiazole rings is 1. The maximum absolute atomic E-state index is 12.0. The molecule has 1 heterocycles. The van der Waals surface area contributed by atoms with E-state index in [1.807, 2.05) is 31.2 Å². The average molecular weight is 385 g/mol. The molecule has 2 aromatic carbocycles. The quantitative estimate of drug-likeness (QED) is 0.618. The predicted octanol–water partition coefficient (Wildman–Crippen LogP) is 5.06. The van der Waals surface area contributed by atoms with E-state index < -0.39 is 0 Å². The van der Waals surface area contributed by atoms with Crippen molar-refractivity contribution in [2.24, 2.45) is 0 Å². The molecule has 0 aliphatic rings. The molecular formula is C21H21ClN2OS. The van der Waals surface area contributed by atoms with E-state index >= 15 is 0 Å². The minimum Gasteiger partial charge on any atom is -0.356 e. The first-order valence-corrected chi connectivity index (χ1v) is 9.88. The van der Waals surface area contributed by atoms with Gasteiger partial charge < -0.3 is 5.32 Å². The van der Waals surface area contributed by atoms with E-state index in [4.69, 9.17) is 11.6 Å². The molecule has 5 heteroatoms. The highest BCUT2D eigenvalue weighted by Gasteiger charge is 2.04. The third kappa shape index (κ3) is 5.41. The van der Waals surface area contributed by atoms with Gasteiger partial charge >= 0.3 is 0 Å². The van der Waals surface area contributed by atoms with Crippen LogP contribution >= 0.6 is 22.9 Å². The van der Waals surface area contributed by atoms with Gasteiger partial charge in [0.05, 0.1) is 10.7 Å². The van der Waals surface area contributed by atoms with Gasteiger partial charge in [0.25, 0.3) is 0 Å². The number of rotatable bonds is 7. The molecule has 1 N–H and O–H groups in total. The topological polar surface area (TPSA) is 42.0 Å². The lowest BCUT2D eigenvalue weighted by molar-refractivity contribution is -0.121. The van der Waals surface area contributed by atoms with E-state index in [-0.39, 0.29) is 5.91 Å². The van der Waals surface area contributed by atoms with Gasteiger partial charge in [-0.15, -0.1) is 11.3 Å². The number of hydrogen-bond donors (Lipinski definition) is 1.